The van der Waals surface area contributed by atoms with Crippen LogP contribution < -0.4 is 5.32 Å². The van der Waals surface area contributed by atoms with Gasteiger partial charge in [-0.25, -0.2) is 0 Å². The van der Waals surface area contributed by atoms with Crippen molar-refractivity contribution in [3.63, 3.8) is 0 Å². The highest BCUT2D eigenvalue weighted by Gasteiger charge is 2.05. The van der Waals surface area contributed by atoms with E-state index in [0.29, 0.717) is 6.04 Å². The van der Waals surface area contributed by atoms with E-state index in [1.807, 2.05) is 23.5 Å². The fourth-order valence-corrected chi connectivity index (χ4v) is 2.71. The van der Waals surface area contributed by atoms with Gasteiger partial charge in [-0.1, -0.05) is 26.0 Å². The topological polar surface area (TPSA) is 15.3 Å². The van der Waals surface area contributed by atoms with E-state index >= 15 is 0 Å². The highest BCUT2D eigenvalue weighted by molar-refractivity contribution is 7.11. The maximum Gasteiger partial charge on any atom is 0.0334 e. The number of hydrogen-bond acceptors (Lipinski definition) is 3. The van der Waals surface area contributed by atoms with E-state index in [2.05, 4.69) is 49.4 Å². The largest absolute Gasteiger partial charge is 0.310 e. The van der Waals surface area contributed by atoms with Crippen molar-refractivity contribution in [2.24, 2.45) is 0 Å². The summed E-state index contributed by atoms with van der Waals surface area (Å²) < 4.78 is 0. The molecule has 0 aromatic carbocycles. The summed E-state index contributed by atoms with van der Waals surface area (Å²) >= 11 is 1.88. The summed E-state index contributed by atoms with van der Waals surface area (Å²) in [6.07, 6.45) is 3.89. The molecular weight excluding hydrogens is 240 g/mol. The summed E-state index contributed by atoms with van der Waals surface area (Å²) in [4.78, 5) is 5.13. The second-order valence-electron chi connectivity index (χ2n) is 4.68. The molecule has 0 fully saturated rings. The van der Waals surface area contributed by atoms with Gasteiger partial charge in [0, 0.05) is 42.0 Å². The Morgan fingerprint density at radius 2 is 1.83 bits per heavy atom. The van der Waals surface area contributed by atoms with Crippen LogP contribution in [-0.2, 0) is 13.1 Å². The van der Waals surface area contributed by atoms with Gasteiger partial charge in [0.2, 0.25) is 0 Å². The molecule has 0 aliphatic heterocycles. The zero-order chi connectivity index (χ0) is 13.4. The normalized spacial score (nSPS) is 11.1. The molecule has 0 radical (unpaired) electrons. The molecule has 1 rings (SSSR count). The Bertz CT molecular complexity index is 358. The van der Waals surface area contributed by atoms with Crippen molar-refractivity contribution in [3.05, 3.63) is 47.2 Å². The first-order valence-corrected chi connectivity index (χ1v) is 7.22. The van der Waals surface area contributed by atoms with Crippen LogP contribution >= 0.6 is 11.3 Å². The molecule has 0 bridgehead atoms. The second kappa shape index (κ2) is 8.25. The SMILES string of the molecule is C=CCN(CC=C)Cc1ccc(CNC(C)C)s1. The van der Waals surface area contributed by atoms with Gasteiger partial charge in [0.1, 0.15) is 0 Å². The Hall–Kier alpha value is -0.900. The van der Waals surface area contributed by atoms with Gasteiger partial charge >= 0.3 is 0 Å². The van der Waals surface area contributed by atoms with Crippen LogP contribution in [0.15, 0.2) is 37.4 Å². The van der Waals surface area contributed by atoms with Crippen molar-refractivity contribution in [3.8, 4) is 0 Å². The molecule has 100 valence electrons. The van der Waals surface area contributed by atoms with E-state index in [4.69, 9.17) is 0 Å². The molecule has 0 aliphatic rings. The molecule has 1 heterocycles. The van der Waals surface area contributed by atoms with Gasteiger partial charge in [-0.15, -0.1) is 24.5 Å². The maximum absolute atomic E-state index is 3.80. The third-order valence-electron chi connectivity index (χ3n) is 2.56. The molecule has 1 N–H and O–H groups in total. The third kappa shape index (κ3) is 5.63. The summed E-state index contributed by atoms with van der Waals surface area (Å²) in [5.41, 5.74) is 0. The van der Waals surface area contributed by atoms with Crippen LogP contribution in [0.5, 0.6) is 0 Å². The molecule has 1 aromatic heterocycles. The van der Waals surface area contributed by atoms with E-state index in [1.165, 1.54) is 9.75 Å². The van der Waals surface area contributed by atoms with Crippen LogP contribution in [0.4, 0.5) is 0 Å². The molecule has 18 heavy (non-hydrogen) atoms. The van der Waals surface area contributed by atoms with Gasteiger partial charge in [0.05, 0.1) is 0 Å². The average molecular weight is 264 g/mol. The van der Waals surface area contributed by atoms with Crippen molar-refractivity contribution in [1.82, 2.24) is 10.2 Å². The number of thiophene rings is 1. The second-order valence-corrected chi connectivity index (χ2v) is 5.93. The molecule has 0 unspecified atom stereocenters. The quantitative estimate of drug-likeness (QED) is 0.688. The summed E-state index contributed by atoms with van der Waals surface area (Å²) in [6.45, 7) is 15.7. The summed E-state index contributed by atoms with van der Waals surface area (Å²) in [5, 5.41) is 3.44. The van der Waals surface area contributed by atoms with Gasteiger partial charge in [0.15, 0.2) is 0 Å². The lowest BCUT2D eigenvalue weighted by Crippen LogP contribution is -2.22. The summed E-state index contributed by atoms with van der Waals surface area (Å²) in [5.74, 6) is 0. The van der Waals surface area contributed by atoms with Gasteiger partial charge in [-0.3, -0.25) is 4.90 Å². The molecule has 2 nitrogen and oxygen atoms in total. The predicted molar refractivity (Wildman–Crippen MR) is 82.0 cm³/mol. The molecule has 0 spiro atoms. The van der Waals surface area contributed by atoms with Crippen molar-refractivity contribution in [1.29, 1.82) is 0 Å². The van der Waals surface area contributed by atoms with Gasteiger partial charge < -0.3 is 5.32 Å². The fourth-order valence-electron chi connectivity index (χ4n) is 1.70. The van der Waals surface area contributed by atoms with Crippen molar-refractivity contribution < 1.29 is 0 Å². The number of nitrogens with one attached hydrogen (secondary N) is 1. The van der Waals surface area contributed by atoms with Crippen LogP contribution in [0.1, 0.15) is 23.6 Å². The fraction of sp³-hybridized carbons (Fsp3) is 0.467. The highest BCUT2D eigenvalue weighted by Crippen LogP contribution is 2.18. The van der Waals surface area contributed by atoms with Crippen molar-refractivity contribution >= 4 is 11.3 Å². The van der Waals surface area contributed by atoms with Crippen molar-refractivity contribution in [2.45, 2.75) is 33.0 Å². The smallest absolute Gasteiger partial charge is 0.0334 e. The van der Waals surface area contributed by atoms with Gasteiger partial charge in [0.25, 0.3) is 0 Å². The zero-order valence-electron chi connectivity index (χ0n) is 11.5. The van der Waals surface area contributed by atoms with Crippen LogP contribution in [0.3, 0.4) is 0 Å². The molecular formula is C15H24N2S. The standard InChI is InChI=1S/C15H24N2S/c1-5-9-17(10-6-2)12-15-8-7-14(18-15)11-16-13(3)4/h5-8,13,16H,1-2,9-12H2,3-4H3. The van der Waals surface area contributed by atoms with E-state index in [9.17, 15) is 0 Å². The first-order valence-electron chi connectivity index (χ1n) is 6.40. The molecule has 3 heteroatoms. The van der Waals surface area contributed by atoms with E-state index in [0.717, 1.165) is 26.2 Å². The van der Waals surface area contributed by atoms with Crippen LogP contribution in [0.25, 0.3) is 0 Å². The van der Waals surface area contributed by atoms with Crippen LogP contribution in [0, 0.1) is 0 Å². The molecule has 0 atom stereocenters. The number of nitrogens with zero attached hydrogens (tertiary/aromatic N) is 1. The lowest BCUT2D eigenvalue weighted by atomic mass is 10.3. The van der Waals surface area contributed by atoms with Crippen LogP contribution in [-0.4, -0.2) is 24.0 Å². The zero-order valence-corrected chi connectivity index (χ0v) is 12.3. The lowest BCUT2D eigenvalue weighted by molar-refractivity contribution is 0.331. The Morgan fingerprint density at radius 1 is 1.22 bits per heavy atom. The monoisotopic (exact) mass is 264 g/mol. The lowest BCUT2D eigenvalue weighted by Gasteiger charge is -2.17. The third-order valence-corrected chi connectivity index (χ3v) is 3.63. The first kappa shape index (κ1) is 15.2. The van der Waals surface area contributed by atoms with E-state index in [-0.39, 0.29) is 0 Å². The Balaban J connectivity index is 2.50. The number of hydrogen-bond donors (Lipinski definition) is 1. The molecule has 0 saturated carbocycles. The molecule has 1 aromatic rings. The summed E-state index contributed by atoms with van der Waals surface area (Å²) in [6, 6.07) is 4.98. The average Bonchev–Trinajstić information content (AvgIpc) is 2.75. The van der Waals surface area contributed by atoms with Crippen molar-refractivity contribution in [2.75, 3.05) is 13.1 Å². The van der Waals surface area contributed by atoms with Crippen LogP contribution in [0.2, 0.25) is 0 Å². The Kier molecular flexibility index (Phi) is 6.94. The highest BCUT2D eigenvalue weighted by atomic mass is 32.1. The minimum atomic E-state index is 0.536. The Labute approximate surface area is 115 Å². The molecule has 0 aliphatic carbocycles. The first-order chi connectivity index (χ1) is 8.65. The Morgan fingerprint density at radius 3 is 2.39 bits per heavy atom. The molecule has 0 amide bonds. The number of rotatable bonds is 9. The predicted octanol–water partition coefficient (Wildman–Crippen LogP) is 3.42. The van der Waals surface area contributed by atoms with Gasteiger partial charge in [-0.2, -0.15) is 0 Å². The molecule has 0 saturated heterocycles. The summed E-state index contributed by atoms with van der Waals surface area (Å²) in [7, 11) is 0. The van der Waals surface area contributed by atoms with Gasteiger partial charge in [-0.05, 0) is 12.1 Å². The van der Waals surface area contributed by atoms with E-state index < -0.39 is 0 Å². The van der Waals surface area contributed by atoms with E-state index in [1.54, 1.807) is 0 Å². The maximum atomic E-state index is 3.80. The minimum absolute atomic E-state index is 0.536. The minimum Gasteiger partial charge on any atom is -0.310 e.